The Morgan fingerprint density at radius 2 is 1.91 bits per heavy atom. The van der Waals surface area contributed by atoms with Gasteiger partial charge in [0.05, 0.1) is 13.0 Å². The van der Waals surface area contributed by atoms with Crippen molar-refractivity contribution in [3.8, 4) is 5.75 Å². The molecule has 22 heavy (non-hydrogen) atoms. The molecule has 1 aliphatic rings. The number of carbonyl (C=O) groups excluding carboxylic acids is 1. The summed E-state index contributed by atoms with van der Waals surface area (Å²) >= 11 is 0. The Bertz CT molecular complexity index is 476. The van der Waals surface area contributed by atoms with Crippen molar-refractivity contribution in [1.29, 1.82) is 0 Å². The Morgan fingerprint density at radius 3 is 2.45 bits per heavy atom. The molecule has 0 radical (unpaired) electrons. The average Bonchev–Trinajstić information content (AvgIpc) is 2.53. The molecule has 3 atom stereocenters. The molecular weight excluding hydrogens is 300 g/mol. The molecule has 1 saturated heterocycles. The monoisotopic (exact) mass is 326 g/mol. The number of hydrogen-bond donors (Lipinski definition) is 1. The summed E-state index contributed by atoms with van der Waals surface area (Å²) in [5.41, 5.74) is 7.08. The molecule has 124 valence electrons. The lowest BCUT2D eigenvalue weighted by Gasteiger charge is -2.39. The molecule has 0 spiro atoms. The molecule has 0 saturated carbocycles. The fourth-order valence-electron chi connectivity index (χ4n) is 3.06. The van der Waals surface area contributed by atoms with Gasteiger partial charge in [-0.05, 0) is 50.8 Å². The van der Waals surface area contributed by atoms with E-state index in [1.807, 2.05) is 43.0 Å². The Morgan fingerprint density at radius 1 is 1.27 bits per heavy atom. The Labute approximate surface area is 139 Å². The molecule has 1 aromatic carbocycles. The molecular formula is C17H27ClN2O2. The number of piperidine rings is 1. The van der Waals surface area contributed by atoms with Crippen LogP contribution in [0.1, 0.15) is 44.6 Å². The molecule has 5 heteroatoms. The van der Waals surface area contributed by atoms with Gasteiger partial charge in [0.1, 0.15) is 5.75 Å². The Balaban J connectivity index is 0.00000242. The van der Waals surface area contributed by atoms with E-state index in [4.69, 9.17) is 10.5 Å². The quantitative estimate of drug-likeness (QED) is 0.925. The number of halogens is 1. The third kappa shape index (κ3) is 4.14. The molecule has 1 aromatic rings. The summed E-state index contributed by atoms with van der Waals surface area (Å²) in [6.07, 6.45) is 3.25. The van der Waals surface area contributed by atoms with Gasteiger partial charge in [0, 0.05) is 18.6 Å². The Hall–Kier alpha value is -1.26. The molecule has 4 nitrogen and oxygen atoms in total. The highest BCUT2D eigenvalue weighted by Gasteiger charge is 2.32. The van der Waals surface area contributed by atoms with Crippen LogP contribution in [0.2, 0.25) is 0 Å². The molecule has 0 bridgehead atoms. The molecule has 1 aliphatic heterocycles. The van der Waals surface area contributed by atoms with Crippen LogP contribution < -0.4 is 10.5 Å². The maximum atomic E-state index is 12.8. The van der Waals surface area contributed by atoms with E-state index in [0.29, 0.717) is 0 Å². The van der Waals surface area contributed by atoms with Gasteiger partial charge >= 0.3 is 0 Å². The number of ether oxygens (including phenoxy) is 1. The standard InChI is InChI=1S/C17H26N2O2.ClH/c1-12(14-7-9-15(21-3)10-8-14)17(20)19-11-5-4-6-16(19)13(2)18;/h7-10,12-13,16H,4-6,11,18H2,1-3H3;1H. The highest BCUT2D eigenvalue weighted by Crippen LogP contribution is 2.26. The van der Waals surface area contributed by atoms with E-state index in [1.54, 1.807) is 7.11 Å². The van der Waals surface area contributed by atoms with E-state index < -0.39 is 0 Å². The highest BCUT2D eigenvalue weighted by molar-refractivity contribution is 5.85. The van der Waals surface area contributed by atoms with Crippen LogP contribution in [-0.4, -0.2) is 36.5 Å². The van der Waals surface area contributed by atoms with Crippen LogP contribution in [0.15, 0.2) is 24.3 Å². The number of amides is 1. The summed E-state index contributed by atoms with van der Waals surface area (Å²) in [6, 6.07) is 7.93. The maximum absolute atomic E-state index is 12.8. The smallest absolute Gasteiger partial charge is 0.230 e. The van der Waals surface area contributed by atoms with Crippen LogP contribution in [0, 0.1) is 0 Å². The van der Waals surface area contributed by atoms with Gasteiger partial charge in [-0.2, -0.15) is 0 Å². The van der Waals surface area contributed by atoms with Crippen molar-refractivity contribution >= 4 is 18.3 Å². The second-order valence-corrected chi connectivity index (χ2v) is 5.95. The fraction of sp³-hybridized carbons (Fsp3) is 0.588. The lowest BCUT2D eigenvalue weighted by molar-refractivity contribution is -0.136. The van der Waals surface area contributed by atoms with Crippen LogP contribution in [-0.2, 0) is 4.79 Å². The first-order valence-corrected chi connectivity index (χ1v) is 7.74. The number of nitrogens with two attached hydrogens (primary N) is 1. The van der Waals surface area contributed by atoms with Crippen LogP contribution in [0.4, 0.5) is 0 Å². The molecule has 1 fully saturated rings. The van der Waals surface area contributed by atoms with Crippen LogP contribution >= 0.6 is 12.4 Å². The minimum atomic E-state index is -0.143. The molecule has 0 aromatic heterocycles. The third-order valence-corrected chi connectivity index (χ3v) is 4.43. The van der Waals surface area contributed by atoms with Crippen molar-refractivity contribution < 1.29 is 9.53 Å². The van der Waals surface area contributed by atoms with E-state index in [9.17, 15) is 4.79 Å². The number of nitrogens with zero attached hydrogens (tertiary/aromatic N) is 1. The topological polar surface area (TPSA) is 55.6 Å². The van der Waals surface area contributed by atoms with Crippen molar-refractivity contribution in [1.82, 2.24) is 4.90 Å². The van der Waals surface area contributed by atoms with Gasteiger partial charge in [-0.1, -0.05) is 12.1 Å². The van der Waals surface area contributed by atoms with E-state index in [1.165, 1.54) is 0 Å². The fourth-order valence-corrected chi connectivity index (χ4v) is 3.06. The van der Waals surface area contributed by atoms with Crippen molar-refractivity contribution in [2.75, 3.05) is 13.7 Å². The van der Waals surface area contributed by atoms with Crippen molar-refractivity contribution in [2.24, 2.45) is 5.73 Å². The van der Waals surface area contributed by atoms with Crippen LogP contribution in [0.3, 0.4) is 0 Å². The summed E-state index contributed by atoms with van der Waals surface area (Å²) < 4.78 is 5.16. The van der Waals surface area contributed by atoms with Crippen LogP contribution in [0.25, 0.3) is 0 Å². The minimum Gasteiger partial charge on any atom is -0.497 e. The van der Waals surface area contributed by atoms with Gasteiger partial charge in [-0.25, -0.2) is 0 Å². The van der Waals surface area contributed by atoms with E-state index in [0.717, 1.165) is 37.1 Å². The first kappa shape index (κ1) is 18.8. The van der Waals surface area contributed by atoms with Gasteiger partial charge < -0.3 is 15.4 Å². The molecule has 1 heterocycles. The zero-order chi connectivity index (χ0) is 15.4. The average molecular weight is 327 g/mol. The SMILES string of the molecule is COc1ccc(C(C)C(=O)N2CCCCC2C(C)N)cc1.Cl. The third-order valence-electron chi connectivity index (χ3n) is 4.43. The predicted molar refractivity (Wildman–Crippen MR) is 91.7 cm³/mol. The Kier molecular flexibility index (Phi) is 7.17. The first-order valence-electron chi connectivity index (χ1n) is 7.74. The molecule has 2 N–H and O–H groups in total. The number of methoxy groups -OCH3 is 1. The zero-order valence-electron chi connectivity index (χ0n) is 13.6. The van der Waals surface area contributed by atoms with E-state index in [2.05, 4.69) is 0 Å². The summed E-state index contributed by atoms with van der Waals surface area (Å²) in [6.45, 7) is 4.79. The van der Waals surface area contributed by atoms with E-state index in [-0.39, 0.29) is 36.3 Å². The highest BCUT2D eigenvalue weighted by atomic mass is 35.5. The van der Waals surface area contributed by atoms with Crippen molar-refractivity contribution in [2.45, 2.75) is 51.1 Å². The molecule has 2 rings (SSSR count). The van der Waals surface area contributed by atoms with Crippen molar-refractivity contribution in [3.05, 3.63) is 29.8 Å². The number of likely N-dealkylation sites (tertiary alicyclic amines) is 1. The summed E-state index contributed by atoms with van der Waals surface area (Å²) in [5, 5.41) is 0. The normalized spacial score (nSPS) is 20.7. The van der Waals surface area contributed by atoms with Crippen molar-refractivity contribution in [3.63, 3.8) is 0 Å². The lowest BCUT2D eigenvalue weighted by Crippen LogP contribution is -2.52. The van der Waals surface area contributed by atoms with Gasteiger partial charge in [-0.15, -0.1) is 12.4 Å². The number of benzene rings is 1. The van der Waals surface area contributed by atoms with Gasteiger partial charge in [-0.3, -0.25) is 4.79 Å². The zero-order valence-corrected chi connectivity index (χ0v) is 14.4. The lowest BCUT2D eigenvalue weighted by atomic mass is 9.93. The molecule has 1 amide bonds. The summed E-state index contributed by atoms with van der Waals surface area (Å²) in [4.78, 5) is 14.8. The number of carbonyl (C=O) groups is 1. The summed E-state index contributed by atoms with van der Waals surface area (Å²) in [5.74, 6) is 0.849. The molecule has 0 aliphatic carbocycles. The number of hydrogen-bond acceptors (Lipinski definition) is 3. The summed E-state index contributed by atoms with van der Waals surface area (Å²) in [7, 11) is 1.64. The second-order valence-electron chi connectivity index (χ2n) is 5.95. The largest absolute Gasteiger partial charge is 0.497 e. The maximum Gasteiger partial charge on any atom is 0.230 e. The minimum absolute atomic E-state index is 0. The first-order chi connectivity index (χ1) is 10.0. The molecule has 3 unspecified atom stereocenters. The number of rotatable bonds is 4. The van der Waals surface area contributed by atoms with Gasteiger partial charge in [0.2, 0.25) is 5.91 Å². The van der Waals surface area contributed by atoms with Gasteiger partial charge in [0.25, 0.3) is 0 Å². The van der Waals surface area contributed by atoms with E-state index >= 15 is 0 Å². The van der Waals surface area contributed by atoms with Crippen LogP contribution in [0.5, 0.6) is 5.75 Å². The van der Waals surface area contributed by atoms with Gasteiger partial charge in [0.15, 0.2) is 0 Å². The predicted octanol–water partition coefficient (Wildman–Crippen LogP) is 2.95. The second kappa shape index (κ2) is 8.39.